The van der Waals surface area contributed by atoms with Gasteiger partial charge in [-0.15, -0.1) is 11.3 Å². The third kappa shape index (κ3) is 2.97. The van der Waals surface area contributed by atoms with Gasteiger partial charge in [0.25, 0.3) is 0 Å². The lowest BCUT2D eigenvalue weighted by Gasteiger charge is -2.18. The van der Waals surface area contributed by atoms with Crippen molar-refractivity contribution in [2.45, 2.75) is 13.1 Å². The first-order chi connectivity index (χ1) is 10.2. The lowest BCUT2D eigenvalue weighted by atomic mass is 10.2. The molecule has 0 aliphatic heterocycles. The highest BCUT2D eigenvalue weighted by atomic mass is 79.9. The normalized spacial score (nSPS) is 11.2. The molecular weight excluding hydrogens is 348 g/mol. The number of nitrogens with zero attached hydrogens (tertiary/aromatic N) is 3. The molecule has 2 aromatic heterocycles. The number of thiazole rings is 1. The van der Waals surface area contributed by atoms with Gasteiger partial charge in [-0.1, -0.05) is 28.1 Å². The molecule has 1 aromatic carbocycles. The summed E-state index contributed by atoms with van der Waals surface area (Å²) in [5.74, 6) is 1.04. The molecule has 0 radical (unpaired) electrons. The molecule has 2 heterocycles. The van der Waals surface area contributed by atoms with Crippen molar-refractivity contribution in [1.29, 1.82) is 0 Å². The Morgan fingerprint density at radius 2 is 2.29 bits per heavy atom. The van der Waals surface area contributed by atoms with Crippen molar-refractivity contribution in [3.63, 3.8) is 0 Å². The highest BCUT2D eigenvalue weighted by molar-refractivity contribution is 9.10. The lowest BCUT2D eigenvalue weighted by Crippen LogP contribution is -2.20. The molecule has 0 fully saturated rings. The Bertz CT molecular complexity index is 749. The average molecular weight is 365 g/mol. The number of hydrogen-bond acceptors (Lipinski definition) is 4. The number of fused-ring (bicyclic) bond motifs is 1. The van der Waals surface area contributed by atoms with Crippen LogP contribution in [-0.2, 0) is 13.1 Å². The summed E-state index contributed by atoms with van der Waals surface area (Å²) in [6.07, 6.45) is 2.08. The van der Waals surface area contributed by atoms with Gasteiger partial charge in [0.1, 0.15) is 0 Å². The first kappa shape index (κ1) is 14.6. The van der Waals surface area contributed by atoms with Gasteiger partial charge in [0.2, 0.25) is 0 Å². The third-order valence-electron chi connectivity index (χ3n) is 3.35. The Hall–Kier alpha value is -1.37. The van der Waals surface area contributed by atoms with E-state index < -0.39 is 0 Å². The minimum atomic E-state index is 0.802. The summed E-state index contributed by atoms with van der Waals surface area (Å²) in [6.45, 7) is 1.64. The zero-order chi connectivity index (χ0) is 14.8. The molecule has 0 saturated heterocycles. The summed E-state index contributed by atoms with van der Waals surface area (Å²) in [5, 5.41) is 5.30. The molecule has 21 heavy (non-hydrogen) atoms. The van der Waals surface area contributed by atoms with Crippen LogP contribution < -0.4 is 10.2 Å². The standard InChI is InChI=1S/C15H17BrN4S/c1-17-9-13-14(18-15-20(13)6-7-21-15)19(2)10-11-4-3-5-12(16)8-11/h3-8,17H,9-10H2,1-2H3. The third-order valence-corrected chi connectivity index (χ3v) is 4.60. The van der Waals surface area contributed by atoms with Crippen LogP contribution in [0.3, 0.4) is 0 Å². The molecular formula is C15H17BrN4S. The van der Waals surface area contributed by atoms with E-state index >= 15 is 0 Å². The van der Waals surface area contributed by atoms with Crippen molar-refractivity contribution in [3.8, 4) is 0 Å². The zero-order valence-electron chi connectivity index (χ0n) is 12.0. The largest absolute Gasteiger partial charge is 0.354 e. The Morgan fingerprint density at radius 1 is 1.43 bits per heavy atom. The molecule has 1 N–H and O–H groups in total. The van der Waals surface area contributed by atoms with Crippen LogP contribution in [0.5, 0.6) is 0 Å². The molecule has 0 unspecified atom stereocenters. The fraction of sp³-hybridized carbons (Fsp3) is 0.267. The van der Waals surface area contributed by atoms with Crippen LogP contribution >= 0.6 is 27.3 Å². The van der Waals surface area contributed by atoms with Crippen molar-refractivity contribution in [2.24, 2.45) is 0 Å². The Labute approximate surface area is 136 Å². The fourth-order valence-corrected chi connectivity index (χ4v) is 3.62. The van der Waals surface area contributed by atoms with Crippen molar-refractivity contribution in [3.05, 3.63) is 51.6 Å². The summed E-state index contributed by atoms with van der Waals surface area (Å²) in [5.41, 5.74) is 2.46. The van der Waals surface area contributed by atoms with Gasteiger partial charge >= 0.3 is 0 Å². The molecule has 0 spiro atoms. The second-order valence-electron chi connectivity index (χ2n) is 4.95. The fourth-order valence-electron chi connectivity index (χ4n) is 2.44. The van der Waals surface area contributed by atoms with E-state index in [-0.39, 0.29) is 0 Å². The topological polar surface area (TPSA) is 32.6 Å². The van der Waals surface area contributed by atoms with Crippen LogP contribution in [0.2, 0.25) is 0 Å². The minimum Gasteiger partial charge on any atom is -0.354 e. The molecule has 0 amide bonds. The smallest absolute Gasteiger partial charge is 0.195 e. The molecule has 0 aliphatic carbocycles. The summed E-state index contributed by atoms with van der Waals surface area (Å²) < 4.78 is 3.27. The van der Waals surface area contributed by atoms with Crippen molar-refractivity contribution >= 4 is 38.0 Å². The van der Waals surface area contributed by atoms with E-state index in [1.807, 2.05) is 13.1 Å². The SMILES string of the molecule is CNCc1c(N(C)Cc2cccc(Br)c2)nc2sccn12. The summed E-state index contributed by atoms with van der Waals surface area (Å²) >= 11 is 5.19. The number of aromatic nitrogens is 2. The number of rotatable bonds is 5. The van der Waals surface area contributed by atoms with E-state index in [0.29, 0.717) is 0 Å². The van der Waals surface area contributed by atoms with Gasteiger partial charge in [-0.25, -0.2) is 4.98 Å². The predicted molar refractivity (Wildman–Crippen MR) is 92.1 cm³/mol. The van der Waals surface area contributed by atoms with Crippen LogP contribution in [0, 0.1) is 0 Å². The number of imidazole rings is 1. The quantitative estimate of drug-likeness (QED) is 0.751. The number of benzene rings is 1. The highest BCUT2D eigenvalue weighted by Gasteiger charge is 2.16. The summed E-state index contributed by atoms with van der Waals surface area (Å²) in [6, 6.07) is 8.39. The van der Waals surface area contributed by atoms with Gasteiger partial charge in [-0.2, -0.15) is 0 Å². The second kappa shape index (κ2) is 6.17. The first-order valence-corrected chi connectivity index (χ1v) is 8.41. The van der Waals surface area contributed by atoms with E-state index in [1.165, 1.54) is 11.3 Å². The molecule has 3 aromatic rings. The van der Waals surface area contributed by atoms with Gasteiger partial charge in [0.15, 0.2) is 10.8 Å². The molecule has 3 rings (SSSR count). The van der Waals surface area contributed by atoms with Crippen LogP contribution in [0.15, 0.2) is 40.3 Å². The Morgan fingerprint density at radius 3 is 3.05 bits per heavy atom. The maximum atomic E-state index is 4.77. The van der Waals surface area contributed by atoms with Crippen LogP contribution in [0.4, 0.5) is 5.82 Å². The van der Waals surface area contributed by atoms with E-state index in [1.54, 1.807) is 11.3 Å². The molecule has 110 valence electrons. The van der Waals surface area contributed by atoms with Gasteiger partial charge in [-0.3, -0.25) is 4.40 Å². The number of hydrogen-bond donors (Lipinski definition) is 1. The first-order valence-electron chi connectivity index (χ1n) is 6.73. The highest BCUT2D eigenvalue weighted by Crippen LogP contribution is 2.25. The molecule has 0 saturated carbocycles. The van der Waals surface area contributed by atoms with Gasteiger partial charge < -0.3 is 10.2 Å². The van der Waals surface area contributed by atoms with Crippen LogP contribution in [-0.4, -0.2) is 23.5 Å². The Balaban J connectivity index is 1.91. The van der Waals surface area contributed by atoms with Gasteiger partial charge in [0, 0.05) is 36.2 Å². The molecule has 6 heteroatoms. The average Bonchev–Trinajstić information content (AvgIpc) is 3.01. The van der Waals surface area contributed by atoms with Crippen molar-refractivity contribution in [1.82, 2.24) is 14.7 Å². The molecule has 0 bridgehead atoms. The number of nitrogens with one attached hydrogen (secondary N) is 1. The predicted octanol–water partition coefficient (Wildman–Crippen LogP) is 3.51. The van der Waals surface area contributed by atoms with E-state index in [2.05, 4.69) is 67.4 Å². The van der Waals surface area contributed by atoms with E-state index in [4.69, 9.17) is 4.98 Å². The van der Waals surface area contributed by atoms with Crippen LogP contribution in [0.25, 0.3) is 4.96 Å². The molecule has 0 aliphatic rings. The van der Waals surface area contributed by atoms with E-state index in [9.17, 15) is 0 Å². The summed E-state index contributed by atoms with van der Waals surface area (Å²) in [4.78, 5) is 8.01. The second-order valence-corrected chi connectivity index (χ2v) is 6.74. The monoisotopic (exact) mass is 364 g/mol. The molecule has 0 atom stereocenters. The maximum Gasteiger partial charge on any atom is 0.195 e. The minimum absolute atomic E-state index is 0.802. The lowest BCUT2D eigenvalue weighted by molar-refractivity contribution is 0.772. The number of anilines is 1. The van der Waals surface area contributed by atoms with Gasteiger partial charge in [0.05, 0.1) is 5.69 Å². The summed E-state index contributed by atoms with van der Waals surface area (Å²) in [7, 11) is 4.05. The maximum absolute atomic E-state index is 4.77. The number of halogens is 1. The Kier molecular flexibility index (Phi) is 4.28. The molecule has 4 nitrogen and oxygen atoms in total. The van der Waals surface area contributed by atoms with Crippen LogP contribution in [0.1, 0.15) is 11.3 Å². The van der Waals surface area contributed by atoms with E-state index in [0.717, 1.165) is 28.3 Å². The van der Waals surface area contributed by atoms with Crippen molar-refractivity contribution in [2.75, 3.05) is 19.0 Å². The van der Waals surface area contributed by atoms with Crippen molar-refractivity contribution < 1.29 is 0 Å². The zero-order valence-corrected chi connectivity index (χ0v) is 14.4. The van der Waals surface area contributed by atoms with Gasteiger partial charge in [-0.05, 0) is 24.7 Å².